The fraction of sp³-hybridized carbons (Fsp3) is 0.500. The molecule has 0 bridgehead atoms. The number of benzene rings is 1. The van der Waals surface area contributed by atoms with Crippen LogP contribution in [0, 0.1) is 5.92 Å². The van der Waals surface area contributed by atoms with Gasteiger partial charge in [-0.25, -0.2) is 0 Å². The first kappa shape index (κ1) is 11.6. The molecule has 1 atom stereocenters. The summed E-state index contributed by atoms with van der Waals surface area (Å²) < 4.78 is 0. The van der Waals surface area contributed by atoms with Gasteiger partial charge >= 0.3 is 0 Å². The molecule has 0 radical (unpaired) electrons. The maximum atomic E-state index is 5.96. The molecule has 0 amide bonds. The number of nitrogen functional groups attached to an aromatic ring is 1. The lowest BCUT2D eigenvalue weighted by Gasteiger charge is -2.14. The summed E-state index contributed by atoms with van der Waals surface area (Å²) in [6, 6.07) is 5.70. The van der Waals surface area contributed by atoms with Crippen LogP contribution in [0.3, 0.4) is 0 Å². The van der Waals surface area contributed by atoms with Crippen molar-refractivity contribution in [2.45, 2.75) is 6.42 Å². The van der Waals surface area contributed by atoms with Crippen molar-refractivity contribution >= 4 is 23.0 Å². The average Bonchev–Trinajstić information content (AvgIpc) is 2.67. The van der Waals surface area contributed by atoms with Gasteiger partial charge in [-0.3, -0.25) is 0 Å². The summed E-state index contributed by atoms with van der Waals surface area (Å²) in [5.41, 5.74) is 7.48. The second kappa shape index (κ2) is 4.93. The standard InChI is InChI=1S/C12H18ClN3/c1-16-6-5-9(8-16)7-15-11-4-2-3-10(13)12(11)14/h2-4,9,15H,5-8,14H2,1H3. The Balaban J connectivity index is 1.92. The highest BCUT2D eigenvalue weighted by Crippen LogP contribution is 2.27. The van der Waals surface area contributed by atoms with E-state index in [4.69, 9.17) is 17.3 Å². The Morgan fingerprint density at radius 3 is 3.06 bits per heavy atom. The number of anilines is 2. The van der Waals surface area contributed by atoms with Crippen LogP contribution in [0.15, 0.2) is 18.2 Å². The minimum Gasteiger partial charge on any atom is -0.396 e. The van der Waals surface area contributed by atoms with Gasteiger partial charge in [0.25, 0.3) is 0 Å². The van der Waals surface area contributed by atoms with Gasteiger partial charge < -0.3 is 16.0 Å². The molecule has 1 unspecified atom stereocenters. The minimum atomic E-state index is 0.619. The number of rotatable bonds is 3. The molecule has 1 saturated heterocycles. The maximum absolute atomic E-state index is 5.96. The fourth-order valence-electron chi connectivity index (χ4n) is 2.14. The molecule has 88 valence electrons. The lowest BCUT2D eigenvalue weighted by atomic mass is 10.1. The molecule has 1 aromatic carbocycles. The molecule has 0 aromatic heterocycles. The number of nitrogens with zero attached hydrogens (tertiary/aromatic N) is 1. The van der Waals surface area contributed by atoms with Crippen LogP contribution in [-0.2, 0) is 0 Å². The fourth-order valence-corrected chi connectivity index (χ4v) is 2.31. The topological polar surface area (TPSA) is 41.3 Å². The summed E-state index contributed by atoms with van der Waals surface area (Å²) in [7, 11) is 2.16. The quantitative estimate of drug-likeness (QED) is 0.796. The molecule has 2 rings (SSSR count). The first-order chi connectivity index (χ1) is 7.66. The van der Waals surface area contributed by atoms with Crippen molar-refractivity contribution in [2.75, 3.05) is 37.7 Å². The molecular weight excluding hydrogens is 222 g/mol. The molecular formula is C12H18ClN3. The first-order valence-corrected chi connectivity index (χ1v) is 6.01. The summed E-state index contributed by atoms with van der Waals surface area (Å²) in [6.07, 6.45) is 1.25. The normalized spacial score (nSPS) is 21.2. The van der Waals surface area contributed by atoms with E-state index in [-0.39, 0.29) is 0 Å². The predicted octanol–water partition coefficient (Wildman–Crippen LogP) is 2.29. The van der Waals surface area contributed by atoms with Crippen LogP contribution in [-0.4, -0.2) is 31.6 Å². The summed E-state index contributed by atoms with van der Waals surface area (Å²) in [5.74, 6) is 0.711. The Morgan fingerprint density at radius 2 is 2.38 bits per heavy atom. The highest BCUT2D eigenvalue weighted by atomic mass is 35.5. The first-order valence-electron chi connectivity index (χ1n) is 5.63. The maximum Gasteiger partial charge on any atom is 0.0739 e. The van der Waals surface area contributed by atoms with E-state index < -0.39 is 0 Å². The zero-order chi connectivity index (χ0) is 11.5. The number of para-hydroxylation sites is 1. The van der Waals surface area contributed by atoms with Gasteiger partial charge in [0.15, 0.2) is 0 Å². The molecule has 1 aliphatic rings. The molecule has 4 heteroatoms. The average molecular weight is 240 g/mol. The van der Waals surface area contributed by atoms with E-state index in [0.29, 0.717) is 16.6 Å². The van der Waals surface area contributed by atoms with E-state index in [0.717, 1.165) is 18.8 Å². The monoisotopic (exact) mass is 239 g/mol. The van der Waals surface area contributed by atoms with Crippen LogP contribution in [0.25, 0.3) is 0 Å². The van der Waals surface area contributed by atoms with Crippen LogP contribution in [0.1, 0.15) is 6.42 Å². The Labute approximate surface area is 102 Å². The van der Waals surface area contributed by atoms with Gasteiger partial charge in [-0.15, -0.1) is 0 Å². The van der Waals surface area contributed by atoms with Crippen LogP contribution < -0.4 is 11.1 Å². The molecule has 0 aliphatic carbocycles. The second-order valence-corrected chi connectivity index (χ2v) is 4.91. The minimum absolute atomic E-state index is 0.619. The molecule has 3 nitrogen and oxygen atoms in total. The van der Waals surface area contributed by atoms with E-state index in [9.17, 15) is 0 Å². The molecule has 1 aromatic rings. The Hall–Kier alpha value is -0.930. The van der Waals surface area contributed by atoms with Crippen molar-refractivity contribution in [1.29, 1.82) is 0 Å². The van der Waals surface area contributed by atoms with E-state index >= 15 is 0 Å². The highest BCUT2D eigenvalue weighted by molar-refractivity contribution is 6.33. The summed E-state index contributed by atoms with van der Waals surface area (Å²) in [5, 5.41) is 4.00. The molecule has 0 spiro atoms. The lowest BCUT2D eigenvalue weighted by Crippen LogP contribution is -2.19. The molecule has 0 saturated carbocycles. The third-order valence-corrected chi connectivity index (χ3v) is 3.45. The second-order valence-electron chi connectivity index (χ2n) is 4.50. The van der Waals surface area contributed by atoms with Gasteiger partial charge in [0.05, 0.1) is 16.4 Å². The zero-order valence-electron chi connectivity index (χ0n) is 9.54. The Kier molecular flexibility index (Phi) is 3.56. The molecule has 1 aliphatic heterocycles. The van der Waals surface area contributed by atoms with E-state index in [1.54, 1.807) is 0 Å². The number of halogens is 1. The number of hydrogen-bond acceptors (Lipinski definition) is 3. The molecule has 16 heavy (non-hydrogen) atoms. The Bertz CT molecular complexity index is 367. The van der Waals surface area contributed by atoms with Gasteiger partial charge in [0.1, 0.15) is 0 Å². The van der Waals surface area contributed by atoms with Gasteiger partial charge in [0, 0.05) is 13.1 Å². The van der Waals surface area contributed by atoms with Crippen molar-refractivity contribution in [3.05, 3.63) is 23.2 Å². The van der Waals surface area contributed by atoms with E-state index in [1.165, 1.54) is 13.0 Å². The molecule has 1 fully saturated rings. The molecule has 1 heterocycles. The highest BCUT2D eigenvalue weighted by Gasteiger charge is 2.19. The smallest absolute Gasteiger partial charge is 0.0739 e. The van der Waals surface area contributed by atoms with Crippen molar-refractivity contribution in [1.82, 2.24) is 4.90 Å². The largest absolute Gasteiger partial charge is 0.396 e. The number of nitrogens with one attached hydrogen (secondary N) is 1. The third kappa shape index (κ3) is 2.60. The lowest BCUT2D eigenvalue weighted by molar-refractivity contribution is 0.399. The third-order valence-electron chi connectivity index (χ3n) is 3.12. The van der Waals surface area contributed by atoms with E-state index in [2.05, 4.69) is 17.3 Å². The SMILES string of the molecule is CN1CCC(CNc2cccc(Cl)c2N)C1. The zero-order valence-corrected chi connectivity index (χ0v) is 10.3. The van der Waals surface area contributed by atoms with Crippen molar-refractivity contribution < 1.29 is 0 Å². The number of likely N-dealkylation sites (tertiary alicyclic amines) is 1. The Morgan fingerprint density at radius 1 is 1.56 bits per heavy atom. The summed E-state index contributed by atoms with van der Waals surface area (Å²) in [6.45, 7) is 3.32. The van der Waals surface area contributed by atoms with Crippen LogP contribution >= 0.6 is 11.6 Å². The van der Waals surface area contributed by atoms with Crippen LogP contribution in [0.2, 0.25) is 5.02 Å². The van der Waals surface area contributed by atoms with Gasteiger partial charge in [-0.05, 0) is 38.1 Å². The van der Waals surface area contributed by atoms with Crippen molar-refractivity contribution in [2.24, 2.45) is 5.92 Å². The van der Waals surface area contributed by atoms with Gasteiger partial charge in [0.2, 0.25) is 0 Å². The van der Waals surface area contributed by atoms with Gasteiger partial charge in [-0.2, -0.15) is 0 Å². The van der Waals surface area contributed by atoms with Crippen molar-refractivity contribution in [3.8, 4) is 0 Å². The van der Waals surface area contributed by atoms with Crippen molar-refractivity contribution in [3.63, 3.8) is 0 Å². The predicted molar refractivity (Wildman–Crippen MR) is 70.0 cm³/mol. The summed E-state index contributed by atoms with van der Waals surface area (Å²) >= 11 is 5.96. The molecule has 3 N–H and O–H groups in total. The van der Waals surface area contributed by atoms with Crippen LogP contribution in [0.4, 0.5) is 11.4 Å². The number of hydrogen-bond donors (Lipinski definition) is 2. The van der Waals surface area contributed by atoms with Gasteiger partial charge in [-0.1, -0.05) is 17.7 Å². The summed E-state index contributed by atoms with van der Waals surface area (Å²) in [4.78, 5) is 2.35. The number of nitrogens with two attached hydrogens (primary N) is 1. The van der Waals surface area contributed by atoms with E-state index in [1.807, 2.05) is 18.2 Å². The van der Waals surface area contributed by atoms with Crippen LogP contribution in [0.5, 0.6) is 0 Å².